The Morgan fingerprint density at radius 2 is 1.79 bits per heavy atom. The van der Waals surface area contributed by atoms with Crippen molar-refractivity contribution in [3.63, 3.8) is 0 Å². The second kappa shape index (κ2) is 9.20. The molecule has 0 spiro atoms. The average molecular weight is 384 g/mol. The van der Waals surface area contributed by atoms with Gasteiger partial charge in [0.05, 0.1) is 31.3 Å². The van der Waals surface area contributed by atoms with Crippen molar-refractivity contribution in [1.29, 1.82) is 0 Å². The smallest absolute Gasteiger partial charge is 0.309 e. The average Bonchev–Trinajstić information content (AvgIpc) is 2.74. The molecule has 1 atom stereocenters. The summed E-state index contributed by atoms with van der Waals surface area (Å²) in [5.74, 6) is 0.0289. The molecule has 5 nitrogen and oxygen atoms in total. The molecule has 0 radical (unpaired) electrons. The third kappa shape index (κ3) is 4.20. The molecule has 28 heavy (non-hydrogen) atoms. The highest BCUT2D eigenvalue weighted by molar-refractivity contribution is 6.04. The monoisotopic (exact) mass is 383 g/mol. The van der Waals surface area contributed by atoms with Gasteiger partial charge in [0.2, 0.25) is 0 Å². The highest BCUT2D eigenvalue weighted by Gasteiger charge is 2.35. The maximum atomic E-state index is 13.3. The quantitative estimate of drug-likeness (QED) is 0.780. The lowest BCUT2D eigenvalue weighted by Gasteiger charge is -2.34. The van der Waals surface area contributed by atoms with Crippen LogP contribution in [0.2, 0.25) is 0 Å². The molecule has 1 fully saturated rings. The first-order chi connectivity index (χ1) is 13.6. The standard InChI is InChI=1S/C23H30N2O3/c1-4-25(21-12-8-10-18-9-6-7-11-20(18)21)22(26)17(3)24-15-13-19(14-16-24)23(27)28-5-2/h6-12,17,19H,4-5,13-16H2,1-3H3/p+1/t17-/m1/s1. The summed E-state index contributed by atoms with van der Waals surface area (Å²) in [5, 5.41) is 2.24. The summed E-state index contributed by atoms with van der Waals surface area (Å²) < 4.78 is 5.16. The fourth-order valence-corrected chi connectivity index (χ4v) is 4.21. The van der Waals surface area contributed by atoms with E-state index in [1.165, 1.54) is 4.90 Å². The zero-order valence-corrected chi connectivity index (χ0v) is 17.1. The van der Waals surface area contributed by atoms with Crippen LogP contribution < -0.4 is 9.80 Å². The number of hydrogen-bond donors (Lipinski definition) is 1. The minimum Gasteiger partial charge on any atom is -0.466 e. The number of quaternary nitrogens is 1. The maximum Gasteiger partial charge on any atom is 0.309 e. The number of likely N-dealkylation sites (tertiary alicyclic amines) is 1. The molecule has 0 aromatic heterocycles. The Kier molecular flexibility index (Phi) is 6.68. The summed E-state index contributed by atoms with van der Waals surface area (Å²) in [6.07, 6.45) is 1.57. The van der Waals surface area contributed by atoms with Crippen molar-refractivity contribution < 1.29 is 19.2 Å². The number of hydrogen-bond acceptors (Lipinski definition) is 3. The number of anilines is 1. The molecule has 0 unspecified atom stereocenters. The van der Waals surface area contributed by atoms with Crippen molar-refractivity contribution in [2.24, 2.45) is 5.92 Å². The number of esters is 1. The van der Waals surface area contributed by atoms with E-state index in [0.717, 1.165) is 42.4 Å². The number of piperidine rings is 1. The Morgan fingerprint density at radius 3 is 2.46 bits per heavy atom. The first kappa shape index (κ1) is 20.3. The van der Waals surface area contributed by atoms with E-state index in [-0.39, 0.29) is 23.8 Å². The molecular weight excluding hydrogens is 352 g/mol. The predicted molar refractivity (Wildman–Crippen MR) is 111 cm³/mol. The molecule has 1 N–H and O–H groups in total. The molecule has 0 aliphatic carbocycles. The van der Waals surface area contributed by atoms with E-state index in [4.69, 9.17) is 4.74 Å². The van der Waals surface area contributed by atoms with Gasteiger partial charge >= 0.3 is 5.97 Å². The van der Waals surface area contributed by atoms with Crippen LogP contribution in [-0.2, 0) is 14.3 Å². The van der Waals surface area contributed by atoms with Crippen LogP contribution in [0.25, 0.3) is 10.8 Å². The minimum atomic E-state index is -0.137. The van der Waals surface area contributed by atoms with Gasteiger partial charge in [-0.05, 0) is 32.2 Å². The van der Waals surface area contributed by atoms with E-state index in [0.29, 0.717) is 13.2 Å². The van der Waals surface area contributed by atoms with Crippen LogP contribution in [-0.4, -0.2) is 44.2 Å². The second-order valence-corrected chi connectivity index (χ2v) is 7.49. The van der Waals surface area contributed by atoms with Crippen LogP contribution in [0, 0.1) is 5.92 Å². The van der Waals surface area contributed by atoms with Crippen LogP contribution in [0.15, 0.2) is 42.5 Å². The molecule has 3 rings (SSSR count). The SMILES string of the molecule is CCOC(=O)C1CC[NH+]([C@H](C)C(=O)N(CC)c2cccc3ccccc23)CC1. The summed E-state index contributed by atoms with van der Waals surface area (Å²) in [5.41, 5.74) is 0.971. The number of amides is 1. The molecule has 1 aliphatic heterocycles. The van der Waals surface area contributed by atoms with Gasteiger partial charge in [-0.1, -0.05) is 36.4 Å². The van der Waals surface area contributed by atoms with Gasteiger partial charge in [-0.15, -0.1) is 0 Å². The second-order valence-electron chi connectivity index (χ2n) is 7.49. The number of nitrogens with zero attached hydrogens (tertiary/aromatic N) is 1. The topological polar surface area (TPSA) is 51.1 Å². The number of rotatable bonds is 6. The van der Waals surface area contributed by atoms with Crippen molar-refractivity contribution in [3.8, 4) is 0 Å². The Bertz CT molecular complexity index is 822. The number of fused-ring (bicyclic) bond motifs is 1. The Labute approximate surface area is 167 Å². The lowest BCUT2D eigenvalue weighted by Crippen LogP contribution is -3.17. The summed E-state index contributed by atoms with van der Waals surface area (Å²) in [6.45, 7) is 8.58. The molecular formula is C23H31N2O3+. The minimum absolute atomic E-state index is 0.0219. The Balaban J connectivity index is 1.72. The van der Waals surface area contributed by atoms with E-state index in [1.807, 2.05) is 49.9 Å². The van der Waals surface area contributed by atoms with Crippen LogP contribution in [0.4, 0.5) is 5.69 Å². The van der Waals surface area contributed by atoms with Gasteiger partial charge in [-0.25, -0.2) is 0 Å². The Morgan fingerprint density at radius 1 is 1.11 bits per heavy atom. The summed E-state index contributed by atoms with van der Waals surface area (Å²) >= 11 is 0. The lowest BCUT2D eigenvalue weighted by atomic mass is 9.96. The summed E-state index contributed by atoms with van der Waals surface area (Å²) in [6, 6.07) is 14.2. The third-order valence-electron chi connectivity index (χ3n) is 5.87. The number of benzene rings is 2. The summed E-state index contributed by atoms with van der Waals surface area (Å²) in [4.78, 5) is 28.5. The molecule has 1 saturated heterocycles. The molecule has 150 valence electrons. The molecule has 1 heterocycles. The van der Waals surface area contributed by atoms with Gasteiger partial charge in [-0.3, -0.25) is 9.59 Å². The van der Waals surface area contributed by atoms with Crippen molar-refractivity contribution >= 4 is 28.3 Å². The van der Waals surface area contributed by atoms with Crippen LogP contribution >= 0.6 is 0 Å². The van der Waals surface area contributed by atoms with Crippen molar-refractivity contribution in [2.45, 2.75) is 39.7 Å². The van der Waals surface area contributed by atoms with Gasteiger partial charge < -0.3 is 14.5 Å². The predicted octanol–water partition coefficient (Wildman–Crippen LogP) is 2.44. The lowest BCUT2D eigenvalue weighted by molar-refractivity contribution is -0.919. The molecule has 2 aromatic rings. The first-order valence-electron chi connectivity index (χ1n) is 10.4. The summed E-state index contributed by atoms with van der Waals surface area (Å²) in [7, 11) is 0. The van der Waals surface area contributed by atoms with Gasteiger partial charge in [-0.2, -0.15) is 0 Å². The number of likely N-dealkylation sites (N-methyl/N-ethyl adjacent to an activating group) is 1. The fourth-order valence-electron chi connectivity index (χ4n) is 4.21. The molecule has 0 bridgehead atoms. The van der Waals surface area contributed by atoms with Crippen molar-refractivity contribution in [2.75, 3.05) is 31.1 Å². The van der Waals surface area contributed by atoms with E-state index in [9.17, 15) is 9.59 Å². The molecule has 0 saturated carbocycles. The van der Waals surface area contributed by atoms with E-state index < -0.39 is 0 Å². The first-order valence-corrected chi connectivity index (χ1v) is 10.4. The van der Waals surface area contributed by atoms with Crippen LogP contribution in [0.3, 0.4) is 0 Å². The molecule has 1 aliphatic rings. The zero-order chi connectivity index (χ0) is 20.1. The normalized spacial score (nSPS) is 20.5. The van der Waals surface area contributed by atoms with Crippen LogP contribution in [0.5, 0.6) is 0 Å². The number of nitrogens with one attached hydrogen (secondary N) is 1. The number of carbonyl (C=O) groups is 2. The zero-order valence-electron chi connectivity index (χ0n) is 17.1. The highest BCUT2D eigenvalue weighted by atomic mass is 16.5. The van der Waals surface area contributed by atoms with E-state index >= 15 is 0 Å². The van der Waals surface area contributed by atoms with Gasteiger partial charge in [0.15, 0.2) is 6.04 Å². The van der Waals surface area contributed by atoms with Crippen molar-refractivity contribution in [1.82, 2.24) is 0 Å². The third-order valence-corrected chi connectivity index (χ3v) is 5.87. The number of ether oxygens (including phenoxy) is 1. The van der Waals surface area contributed by atoms with E-state index in [2.05, 4.69) is 18.2 Å². The molecule has 5 heteroatoms. The maximum absolute atomic E-state index is 13.3. The highest BCUT2D eigenvalue weighted by Crippen LogP contribution is 2.27. The number of carbonyl (C=O) groups excluding carboxylic acids is 2. The van der Waals surface area contributed by atoms with Crippen LogP contribution in [0.1, 0.15) is 33.6 Å². The van der Waals surface area contributed by atoms with Crippen molar-refractivity contribution in [3.05, 3.63) is 42.5 Å². The Hall–Kier alpha value is -2.40. The molecule has 1 amide bonds. The molecule has 2 aromatic carbocycles. The van der Waals surface area contributed by atoms with Gasteiger partial charge in [0.25, 0.3) is 5.91 Å². The van der Waals surface area contributed by atoms with E-state index in [1.54, 1.807) is 0 Å². The van der Waals surface area contributed by atoms with Gasteiger partial charge in [0, 0.05) is 24.8 Å². The fraction of sp³-hybridized carbons (Fsp3) is 0.478. The largest absolute Gasteiger partial charge is 0.466 e. The van der Waals surface area contributed by atoms with Gasteiger partial charge in [0.1, 0.15) is 0 Å².